The number of nitrogens with two attached hydrogens (primary N) is 1. The number of nitrogens with zero attached hydrogens (tertiary/aromatic N) is 2. The van der Waals surface area contributed by atoms with Gasteiger partial charge in [0.1, 0.15) is 10.8 Å². The summed E-state index contributed by atoms with van der Waals surface area (Å²) in [7, 11) is 1.91. The topological polar surface area (TPSA) is 62.4 Å². The minimum atomic E-state index is -0.265. The standard InChI is InChI=1S/C14H18FN3OS/c1-18(6-7-19)13(10-2-4-11(15)5-3-10)14-17-12(8-16)9-20-14/h2-5,9,13,19H,6-8,16H2,1H3. The van der Waals surface area contributed by atoms with Gasteiger partial charge in [0.05, 0.1) is 18.3 Å². The monoisotopic (exact) mass is 295 g/mol. The quantitative estimate of drug-likeness (QED) is 0.852. The van der Waals surface area contributed by atoms with E-state index in [4.69, 9.17) is 10.8 Å². The Labute approximate surface area is 121 Å². The number of thiazole rings is 1. The average molecular weight is 295 g/mol. The van der Waals surface area contributed by atoms with Crippen LogP contribution in [0, 0.1) is 5.82 Å². The van der Waals surface area contributed by atoms with Crippen molar-refractivity contribution in [2.45, 2.75) is 12.6 Å². The number of benzene rings is 1. The van der Waals surface area contributed by atoms with Crippen molar-refractivity contribution in [1.29, 1.82) is 0 Å². The third-order valence-electron chi connectivity index (χ3n) is 3.09. The molecule has 0 aliphatic rings. The Hall–Kier alpha value is -1.34. The molecule has 0 spiro atoms. The second-order valence-corrected chi connectivity index (χ2v) is 5.43. The second kappa shape index (κ2) is 6.90. The maximum Gasteiger partial charge on any atom is 0.123 e. The lowest BCUT2D eigenvalue weighted by Gasteiger charge is -2.26. The molecule has 0 amide bonds. The van der Waals surface area contributed by atoms with E-state index in [-0.39, 0.29) is 18.5 Å². The van der Waals surface area contributed by atoms with E-state index in [0.29, 0.717) is 13.1 Å². The molecule has 0 aliphatic heterocycles. The van der Waals surface area contributed by atoms with Crippen LogP contribution in [0.5, 0.6) is 0 Å². The Balaban J connectivity index is 2.35. The molecule has 1 aromatic heterocycles. The fourth-order valence-corrected chi connectivity index (χ4v) is 3.08. The molecular formula is C14H18FN3OS. The van der Waals surface area contributed by atoms with Crippen LogP contribution in [-0.4, -0.2) is 35.2 Å². The van der Waals surface area contributed by atoms with Crippen LogP contribution in [0.15, 0.2) is 29.6 Å². The van der Waals surface area contributed by atoms with Crippen molar-refractivity contribution in [1.82, 2.24) is 9.88 Å². The zero-order chi connectivity index (χ0) is 14.5. The van der Waals surface area contributed by atoms with E-state index >= 15 is 0 Å². The number of aliphatic hydroxyl groups is 1. The molecule has 20 heavy (non-hydrogen) atoms. The van der Waals surface area contributed by atoms with Crippen molar-refractivity contribution in [3.05, 3.63) is 51.7 Å². The van der Waals surface area contributed by atoms with Crippen LogP contribution in [0.3, 0.4) is 0 Å². The smallest absolute Gasteiger partial charge is 0.123 e. The van der Waals surface area contributed by atoms with Gasteiger partial charge in [-0.05, 0) is 24.7 Å². The SMILES string of the molecule is CN(CCO)C(c1ccc(F)cc1)c1nc(CN)cs1. The molecule has 0 bridgehead atoms. The fourth-order valence-electron chi connectivity index (χ4n) is 2.06. The number of hydrogen-bond donors (Lipinski definition) is 2. The highest BCUT2D eigenvalue weighted by Gasteiger charge is 2.22. The highest BCUT2D eigenvalue weighted by Crippen LogP contribution is 2.30. The normalized spacial score (nSPS) is 12.8. The lowest BCUT2D eigenvalue weighted by Crippen LogP contribution is -2.28. The van der Waals surface area contributed by atoms with Crippen LogP contribution in [0.2, 0.25) is 0 Å². The van der Waals surface area contributed by atoms with Gasteiger partial charge in [0.25, 0.3) is 0 Å². The lowest BCUT2D eigenvalue weighted by atomic mass is 10.1. The number of aliphatic hydroxyl groups excluding tert-OH is 1. The molecule has 1 atom stereocenters. The first kappa shape index (κ1) is 15.1. The summed E-state index contributed by atoms with van der Waals surface area (Å²) in [4.78, 5) is 6.50. The van der Waals surface area contributed by atoms with E-state index in [0.717, 1.165) is 16.3 Å². The Bertz CT molecular complexity index is 544. The van der Waals surface area contributed by atoms with Gasteiger partial charge in [-0.3, -0.25) is 4.90 Å². The molecule has 1 heterocycles. The summed E-state index contributed by atoms with van der Waals surface area (Å²) >= 11 is 1.53. The summed E-state index contributed by atoms with van der Waals surface area (Å²) in [5.74, 6) is -0.265. The molecule has 1 unspecified atom stereocenters. The number of halogens is 1. The molecule has 2 rings (SSSR count). The number of likely N-dealkylation sites (N-methyl/N-ethyl adjacent to an activating group) is 1. The van der Waals surface area contributed by atoms with E-state index < -0.39 is 0 Å². The first-order valence-corrected chi connectivity index (χ1v) is 7.24. The van der Waals surface area contributed by atoms with Gasteiger partial charge in [-0.1, -0.05) is 12.1 Å². The van der Waals surface area contributed by atoms with Crippen molar-refractivity contribution in [3.63, 3.8) is 0 Å². The van der Waals surface area contributed by atoms with Gasteiger partial charge in [-0.15, -0.1) is 11.3 Å². The predicted molar refractivity (Wildman–Crippen MR) is 78.0 cm³/mol. The Kier molecular flexibility index (Phi) is 5.19. The number of aromatic nitrogens is 1. The molecule has 0 saturated heterocycles. The largest absolute Gasteiger partial charge is 0.395 e. The summed E-state index contributed by atoms with van der Waals surface area (Å²) in [6, 6.07) is 6.27. The maximum absolute atomic E-state index is 13.1. The van der Waals surface area contributed by atoms with Crippen molar-refractivity contribution < 1.29 is 9.50 Å². The maximum atomic E-state index is 13.1. The van der Waals surface area contributed by atoms with Crippen LogP contribution >= 0.6 is 11.3 Å². The molecule has 0 fully saturated rings. The van der Waals surface area contributed by atoms with Crippen molar-refractivity contribution >= 4 is 11.3 Å². The molecule has 108 valence electrons. The van der Waals surface area contributed by atoms with Gasteiger partial charge in [-0.25, -0.2) is 9.37 Å². The van der Waals surface area contributed by atoms with E-state index in [2.05, 4.69) is 4.98 Å². The minimum Gasteiger partial charge on any atom is -0.395 e. The molecule has 6 heteroatoms. The third-order valence-corrected chi connectivity index (χ3v) is 4.04. The van der Waals surface area contributed by atoms with Crippen LogP contribution in [0.25, 0.3) is 0 Å². The summed E-state index contributed by atoms with van der Waals surface area (Å²) < 4.78 is 13.1. The number of rotatable bonds is 6. The molecule has 0 saturated carbocycles. The molecule has 0 radical (unpaired) electrons. The van der Waals surface area contributed by atoms with Crippen LogP contribution < -0.4 is 5.73 Å². The van der Waals surface area contributed by atoms with Crippen LogP contribution in [-0.2, 0) is 6.54 Å². The van der Waals surface area contributed by atoms with E-state index in [9.17, 15) is 4.39 Å². The van der Waals surface area contributed by atoms with E-state index in [1.165, 1.54) is 23.5 Å². The van der Waals surface area contributed by atoms with Crippen LogP contribution in [0.4, 0.5) is 4.39 Å². The number of hydrogen-bond acceptors (Lipinski definition) is 5. The summed E-state index contributed by atoms with van der Waals surface area (Å²) in [5.41, 5.74) is 7.38. The van der Waals surface area contributed by atoms with Gasteiger partial charge < -0.3 is 10.8 Å². The Morgan fingerprint density at radius 2 is 2.10 bits per heavy atom. The minimum absolute atomic E-state index is 0.0588. The van der Waals surface area contributed by atoms with Gasteiger partial charge >= 0.3 is 0 Å². The highest BCUT2D eigenvalue weighted by molar-refractivity contribution is 7.09. The van der Waals surface area contributed by atoms with Crippen molar-refractivity contribution in [3.8, 4) is 0 Å². The van der Waals surface area contributed by atoms with Gasteiger partial charge in [0, 0.05) is 18.5 Å². The first-order valence-electron chi connectivity index (χ1n) is 6.36. The van der Waals surface area contributed by atoms with Crippen LogP contribution in [0.1, 0.15) is 22.3 Å². The van der Waals surface area contributed by atoms with Crippen molar-refractivity contribution in [2.75, 3.05) is 20.2 Å². The predicted octanol–water partition coefficient (Wildman–Crippen LogP) is 1.75. The summed E-state index contributed by atoms with van der Waals surface area (Å²) in [5, 5.41) is 12.0. The van der Waals surface area contributed by atoms with Gasteiger partial charge in [-0.2, -0.15) is 0 Å². The van der Waals surface area contributed by atoms with E-state index in [1.54, 1.807) is 12.1 Å². The molecular weight excluding hydrogens is 277 g/mol. The van der Waals surface area contributed by atoms with Crippen molar-refractivity contribution in [2.24, 2.45) is 5.73 Å². The highest BCUT2D eigenvalue weighted by atomic mass is 32.1. The molecule has 2 aromatic rings. The molecule has 0 aliphatic carbocycles. The fraction of sp³-hybridized carbons (Fsp3) is 0.357. The van der Waals surface area contributed by atoms with Gasteiger partial charge in [0.2, 0.25) is 0 Å². The molecule has 3 N–H and O–H groups in total. The van der Waals surface area contributed by atoms with E-state index in [1.807, 2.05) is 17.3 Å². The first-order chi connectivity index (χ1) is 9.65. The summed E-state index contributed by atoms with van der Waals surface area (Å²) in [6.45, 7) is 0.971. The Morgan fingerprint density at radius 3 is 2.65 bits per heavy atom. The zero-order valence-electron chi connectivity index (χ0n) is 11.3. The third kappa shape index (κ3) is 3.40. The van der Waals surface area contributed by atoms with Gasteiger partial charge in [0.15, 0.2) is 0 Å². The zero-order valence-corrected chi connectivity index (χ0v) is 12.1. The second-order valence-electron chi connectivity index (χ2n) is 4.54. The Morgan fingerprint density at radius 1 is 1.40 bits per heavy atom. The average Bonchev–Trinajstić information content (AvgIpc) is 2.90. The summed E-state index contributed by atoms with van der Waals surface area (Å²) in [6.07, 6.45) is 0. The molecule has 4 nitrogen and oxygen atoms in total. The lowest BCUT2D eigenvalue weighted by molar-refractivity contribution is 0.197. The molecule has 1 aromatic carbocycles.